The predicted molar refractivity (Wildman–Crippen MR) is 123 cm³/mol. The number of rotatable bonds is 9. The molecule has 0 radical (unpaired) electrons. The number of fused-ring (bicyclic) bond motifs is 1. The molecule has 0 aliphatic heterocycles. The van der Waals surface area contributed by atoms with Crippen LogP contribution in [0, 0.1) is 5.92 Å². The van der Waals surface area contributed by atoms with Gasteiger partial charge < -0.3 is 4.74 Å². The number of ether oxygens (including phenoxy) is 1. The quantitative estimate of drug-likeness (QED) is 0.243. The third kappa shape index (κ3) is 4.76. The van der Waals surface area contributed by atoms with Gasteiger partial charge in [0, 0.05) is 5.56 Å². The first-order chi connectivity index (χ1) is 13.7. The molecule has 0 amide bonds. The maximum atomic E-state index is 5.81. The van der Waals surface area contributed by atoms with Crippen molar-refractivity contribution in [3.63, 3.8) is 0 Å². The minimum atomic E-state index is 0.551. The van der Waals surface area contributed by atoms with E-state index in [4.69, 9.17) is 4.74 Å². The Hall–Kier alpha value is -2.28. The van der Waals surface area contributed by atoms with Crippen LogP contribution in [0.1, 0.15) is 75.3 Å². The van der Waals surface area contributed by atoms with Gasteiger partial charge in [0.05, 0.1) is 0 Å². The van der Waals surface area contributed by atoms with Crippen LogP contribution < -0.4 is 4.74 Å². The highest BCUT2D eigenvalue weighted by Crippen LogP contribution is 2.39. The Bertz CT molecular complexity index is 837. The summed E-state index contributed by atoms with van der Waals surface area (Å²) >= 11 is 0. The second-order valence-corrected chi connectivity index (χ2v) is 8.15. The molecule has 0 aromatic heterocycles. The topological polar surface area (TPSA) is 9.23 Å². The Balaban J connectivity index is 1.74. The molecule has 0 heterocycles. The van der Waals surface area contributed by atoms with Crippen molar-refractivity contribution in [3.8, 4) is 5.75 Å². The Morgan fingerprint density at radius 1 is 1.07 bits per heavy atom. The summed E-state index contributed by atoms with van der Waals surface area (Å²) in [4.78, 5) is 0. The van der Waals surface area contributed by atoms with Crippen LogP contribution in [0.3, 0.4) is 0 Å². The third-order valence-electron chi connectivity index (χ3n) is 6.25. The summed E-state index contributed by atoms with van der Waals surface area (Å²) in [6.07, 6.45) is 14.5. The largest absolute Gasteiger partial charge is 0.457 e. The first-order valence-electron chi connectivity index (χ1n) is 10.8. The lowest BCUT2D eigenvalue weighted by molar-refractivity contribution is 0.303. The van der Waals surface area contributed by atoms with E-state index in [9.17, 15) is 0 Å². The molecule has 1 nitrogen and oxygen atoms in total. The van der Waals surface area contributed by atoms with Crippen LogP contribution in [0.15, 0.2) is 61.9 Å². The Morgan fingerprint density at radius 3 is 2.54 bits per heavy atom. The number of hydrogen-bond acceptors (Lipinski definition) is 1. The van der Waals surface area contributed by atoms with Crippen LogP contribution in [0.4, 0.5) is 0 Å². The van der Waals surface area contributed by atoms with E-state index in [1.54, 1.807) is 6.08 Å². The molecule has 1 fully saturated rings. The highest BCUT2D eigenvalue weighted by Gasteiger charge is 2.22. The molecule has 28 heavy (non-hydrogen) atoms. The number of hydrogen-bond donors (Lipinski definition) is 0. The predicted octanol–water partition coefficient (Wildman–Crippen LogP) is 8.42. The SMILES string of the molecule is C=CC(=C)Oc1ccc2cc(C3CCC(CCCCC)CC3)ccc2c1C=C. The molecular formula is C27H34O. The first kappa shape index (κ1) is 20.5. The zero-order valence-corrected chi connectivity index (χ0v) is 17.4. The minimum absolute atomic E-state index is 0.551. The van der Waals surface area contributed by atoms with Crippen LogP contribution in [0.2, 0.25) is 0 Å². The van der Waals surface area contributed by atoms with Crippen molar-refractivity contribution < 1.29 is 4.74 Å². The molecule has 1 saturated carbocycles. The number of allylic oxidation sites excluding steroid dienone is 1. The normalized spacial score (nSPS) is 19.3. The molecule has 1 aliphatic carbocycles. The first-order valence-corrected chi connectivity index (χ1v) is 10.8. The van der Waals surface area contributed by atoms with Gasteiger partial charge in [0.2, 0.25) is 0 Å². The van der Waals surface area contributed by atoms with Crippen molar-refractivity contribution in [1.82, 2.24) is 0 Å². The maximum Gasteiger partial charge on any atom is 0.135 e. The van der Waals surface area contributed by atoms with Gasteiger partial charge in [-0.1, -0.05) is 82.7 Å². The lowest BCUT2D eigenvalue weighted by Gasteiger charge is -2.29. The molecule has 0 N–H and O–H groups in total. The van der Waals surface area contributed by atoms with Crippen LogP contribution in [-0.4, -0.2) is 0 Å². The molecule has 0 spiro atoms. The standard InChI is InChI=1S/C27H34O/c1-5-8-9-10-21-11-13-22(14-12-21)23-15-17-26-24(19-23)16-18-27(25(26)7-3)28-20(4)6-2/h6-7,15-19,21-22H,2-5,8-14H2,1H3. The average molecular weight is 375 g/mol. The zero-order valence-electron chi connectivity index (χ0n) is 17.4. The smallest absolute Gasteiger partial charge is 0.135 e. The lowest BCUT2D eigenvalue weighted by atomic mass is 9.76. The maximum absolute atomic E-state index is 5.81. The zero-order chi connectivity index (χ0) is 19.9. The van der Waals surface area contributed by atoms with E-state index in [0.717, 1.165) is 17.2 Å². The van der Waals surface area contributed by atoms with Gasteiger partial charge >= 0.3 is 0 Å². The van der Waals surface area contributed by atoms with Gasteiger partial charge in [0.25, 0.3) is 0 Å². The molecule has 1 heteroatoms. The summed E-state index contributed by atoms with van der Waals surface area (Å²) < 4.78 is 5.81. The fourth-order valence-electron chi connectivity index (χ4n) is 4.56. The van der Waals surface area contributed by atoms with Crippen molar-refractivity contribution in [2.24, 2.45) is 5.92 Å². The summed E-state index contributed by atoms with van der Waals surface area (Å²) in [5, 5.41) is 2.44. The van der Waals surface area contributed by atoms with Crippen LogP contribution in [0.5, 0.6) is 5.75 Å². The molecule has 2 aromatic carbocycles. The Morgan fingerprint density at radius 2 is 1.86 bits per heavy atom. The fraction of sp³-hybridized carbons (Fsp3) is 0.407. The number of unbranched alkanes of at least 4 members (excludes halogenated alkanes) is 2. The third-order valence-corrected chi connectivity index (χ3v) is 6.25. The highest BCUT2D eigenvalue weighted by atomic mass is 16.5. The second kappa shape index (κ2) is 9.78. The highest BCUT2D eigenvalue weighted by molar-refractivity contribution is 5.93. The summed E-state index contributed by atoms with van der Waals surface area (Å²) in [7, 11) is 0. The second-order valence-electron chi connectivity index (χ2n) is 8.15. The van der Waals surface area contributed by atoms with Crippen molar-refractivity contribution >= 4 is 16.8 Å². The molecule has 0 bridgehead atoms. The van der Waals surface area contributed by atoms with Gasteiger partial charge in [-0.2, -0.15) is 0 Å². The van der Waals surface area contributed by atoms with Crippen LogP contribution in [0.25, 0.3) is 16.8 Å². The summed E-state index contributed by atoms with van der Waals surface area (Å²) in [6.45, 7) is 13.8. The van der Waals surface area contributed by atoms with E-state index in [2.05, 4.69) is 50.9 Å². The van der Waals surface area contributed by atoms with E-state index in [1.165, 1.54) is 67.7 Å². The minimum Gasteiger partial charge on any atom is -0.457 e. The Kier molecular flexibility index (Phi) is 7.14. The average Bonchev–Trinajstić information content (AvgIpc) is 2.73. The van der Waals surface area contributed by atoms with E-state index < -0.39 is 0 Å². The molecule has 1 aliphatic rings. The lowest BCUT2D eigenvalue weighted by Crippen LogP contribution is -2.13. The number of benzene rings is 2. The molecule has 148 valence electrons. The van der Waals surface area contributed by atoms with Crippen LogP contribution in [-0.2, 0) is 0 Å². The van der Waals surface area contributed by atoms with Crippen molar-refractivity contribution in [3.05, 3.63) is 73.0 Å². The van der Waals surface area contributed by atoms with Gasteiger partial charge in [0.15, 0.2) is 0 Å². The van der Waals surface area contributed by atoms with Gasteiger partial charge in [-0.15, -0.1) is 0 Å². The summed E-state index contributed by atoms with van der Waals surface area (Å²) in [6, 6.07) is 11.1. The van der Waals surface area contributed by atoms with Gasteiger partial charge in [-0.05, 0) is 66.0 Å². The van der Waals surface area contributed by atoms with Crippen molar-refractivity contribution in [2.75, 3.05) is 0 Å². The monoisotopic (exact) mass is 374 g/mol. The summed E-state index contributed by atoms with van der Waals surface area (Å²) in [5.74, 6) is 2.99. The molecule has 0 atom stereocenters. The summed E-state index contributed by atoms with van der Waals surface area (Å²) in [5.41, 5.74) is 2.50. The van der Waals surface area contributed by atoms with E-state index in [-0.39, 0.29) is 0 Å². The van der Waals surface area contributed by atoms with Crippen molar-refractivity contribution in [2.45, 2.75) is 64.2 Å². The van der Waals surface area contributed by atoms with E-state index in [0.29, 0.717) is 11.7 Å². The van der Waals surface area contributed by atoms with Crippen LogP contribution >= 0.6 is 0 Å². The van der Waals surface area contributed by atoms with E-state index >= 15 is 0 Å². The van der Waals surface area contributed by atoms with Gasteiger partial charge in [-0.3, -0.25) is 0 Å². The van der Waals surface area contributed by atoms with Gasteiger partial charge in [-0.25, -0.2) is 0 Å². The molecule has 0 unspecified atom stereocenters. The molecule has 2 aromatic rings. The molecule has 0 saturated heterocycles. The molecular weight excluding hydrogens is 340 g/mol. The molecule has 3 rings (SSSR count). The van der Waals surface area contributed by atoms with Crippen molar-refractivity contribution in [1.29, 1.82) is 0 Å². The fourth-order valence-corrected chi connectivity index (χ4v) is 4.56. The van der Waals surface area contributed by atoms with Gasteiger partial charge in [0.1, 0.15) is 11.5 Å². The van der Waals surface area contributed by atoms with E-state index in [1.807, 2.05) is 12.1 Å². The Labute approximate surface area is 170 Å².